The topological polar surface area (TPSA) is 88.2 Å². The van der Waals surface area contributed by atoms with Crippen LogP contribution >= 0.6 is 11.3 Å². The Hall–Kier alpha value is -2.41. The Morgan fingerprint density at radius 2 is 2.33 bits per heavy atom. The van der Waals surface area contributed by atoms with Crippen LogP contribution < -0.4 is 5.32 Å². The number of carbonyl (C=O) groups is 1. The Labute approximate surface area is 124 Å². The van der Waals surface area contributed by atoms with Crippen molar-refractivity contribution in [3.63, 3.8) is 0 Å². The molecular weight excluding hydrogens is 290 g/mol. The lowest BCUT2D eigenvalue weighted by Gasteiger charge is -1.96. The first-order valence-corrected chi connectivity index (χ1v) is 7.28. The van der Waals surface area contributed by atoms with E-state index in [0.29, 0.717) is 23.7 Å². The highest BCUT2D eigenvalue weighted by atomic mass is 32.1. The van der Waals surface area contributed by atoms with E-state index < -0.39 is 5.97 Å². The highest BCUT2D eigenvalue weighted by Gasteiger charge is 2.10. The van der Waals surface area contributed by atoms with E-state index in [1.54, 1.807) is 17.4 Å². The van der Waals surface area contributed by atoms with Crippen LogP contribution in [0.4, 0.5) is 6.01 Å². The Balaban J connectivity index is 1.76. The molecule has 6 nitrogen and oxygen atoms in total. The second-order valence-corrected chi connectivity index (χ2v) is 5.63. The normalized spacial score (nSPS) is 10.9. The van der Waals surface area contributed by atoms with Gasteiger partial charge in [-0.2, -0.15) is 4.98 Å². The number of fused-ring (bicyclic) bond motifs is 1. The predicted molar refractivity (Wildman–Crippen MR) is 79.8 cm³/mol. The molecule has 3 rings (SSSR count). The first-order valence-electron chi connectivity index (χ1n) is 6.47. The second-order valence-electron chi connectivity index (χ2n) is 4.43. The number of rotatable bonds is 5. The van der Waals surface area contributed by atoms with Gasteiger partial charge in [-0.3, -0.25) is 0 Å². The summed E-state index contributed by atoms with van der Waals surface area (Å²) in [5, 5.41) is 13.0. The van der Waals surface area contributed by atoms with Crippen molar-refractivity contribution in [1.29, 1.82) is 0 Å². The molecule has 7 heteroatoms. The Kier molecular flexibility index (Phi) is 3.57. The molecule has 0 atom stereocenters. The summed E-state index contributed by atoms with van der Waals surface area (Å²) in [6, 6.07) is 4.96. The molecule has 0 aliphatic rings. The maximum Gasteiger partial charge on any atom is 0.335 e. The number of aromatic carboxylic acids is 1. The third kappa shape index (κ3) is 2.87. The van der Waals surface area contributed by atoms with Crippen molar-refractivity contribution in [2.24, 2.45) is 0 Å². The summed E-state index contributed by atoms with van der Waals surface area (Å²) < 4.78 is 5.51. The van der Waals surface area contributed by atoms with Crippen LogP contribution in [-0.4, -0.2) is 21.0 Å². The van der Waals surface area contributed by atoms with E-state index in [1.807, 2.05) is 6.20 Å². The Bertz CT molecular complexity index is 794. The fraction of sp³-hybridized carbons (Fsp3) is 0.214. The number of nitrogens with zero attached hydrogens (tertiary/aromatic N) is 2. The molecule has 0 unspecified atom stereocenters. The maximum atomic E-state index is 10.9. The van der Waals surface area contributed by atoms with Crippen LogP contribution in [0.1, 0.15) is 27.2 Å². The maximum absolute atomic E-state index is 10.9. The molecular formula is C14H13N3O3S. The third-order valence-corrected chi connectivity index (χ3v) is 4.12. The number of thiazole rings is 1. The number of carboxylic acids is 1. The number of aryl methyl sites for hydroxylation is 1. The van der Waals surface area contributed by atoms with Gasteiger partial charge in [-0.05, 0) is 24.6 Å². The number of aromatic nitrogens is 2. The molecule has 108 valence electrons. The van der Waals surface area contributed by atoms with Crippen molar-refractivity contribution in [2.45, 2.75) is 19.9 Å². The van der Waals surface area contributed by atoms with Crippen LogP contribution in [0.15, 0.2) is 28.8 Å². The average molecular weight is 303 g/mol. The lowest BCUT2D eigenvalue weighted by atomic mass is 10.2. The summed E-state index contributed by atoms with van der Waals surface area (Å²) in [6.07, 6.45) is 2.84. The van der Waals surface area contributed by atoms with Crippen LogP contribution in [0.5, 0.6) is 0 Å². The van der Waals surface area contributed by atoms with Crippen molar-refractivity contribution < 1.29 is 14.3 Å². The number of benzene rings is 1. The molecule has 0 aliphatic heterocycles. The van der Waals surface area contributed by atoms with E-state index in [0.717, 1.165) is 11.4 Å². The van der Waals surface area contributed by atoms with Gasteiger partial charge in [0.15, 0.2) is 5.58 Å². The van der Waals surface area contributed by atoms with E-state index in [9.17, 15) is 4.79 Å². The second kappa shape index (κ2) is 5.53. The standard InChI is InChI=1S/C14H13N3O3S/c1-2-9-6-15-12(21-9)7-16-14-17-10-4-3-8(13(18)19)5-11(10)20-14/h3-6H,2,7H2,1H3,(H,16,17)(H,18,19). The SMILES string of the molecule is CCc1cnc(CNc2nc3ccc(C(=O)O)cc3o2)s1. The molecule has 2 aromatic heterocycles. The minimum absolute atomic E-state index is 0.178. The fourth-order valence-electron chi connectivity index (χ4n) is 1.88. The molecule has 3 aromatic rings. The Morgan fingerprint density at radius 3 is 3.05 bits per heavy atom. The lowest BCUT2D eigenvalue weighted by molar-refractivity contribution is 0.0697. The summed E-state index contributed by atoms with van der Waals surface area (Å²) >= 11 is 1.64. The Morgan fingerprint density at radius 1 is 1.48 bits per heavy atom. The molecule has 0 radical (unpaired) electrons. The van der Waals surface area contributed by atoms with Gasteiger partial charge in [0.2, 0.25) is 0 Å². The van der Waals surface area contributed by atoms with E-state index >= 15 is 0 Å². The number of hydrogen-bond acceptors (Lipinski definition) is 6. The number of anilines is 1. The smallest absolute Gasteiger partial charge is 0.335 e. The molecule has 0 aliphatic carbocycles. The molecule has 0 saturated carbocycles. The summed E-state index contributed by atoms with van der Waals surface area (Å²) in [7, 11) is 0. The first kappa shape index (κ1) is 13.6. The highest BCUT2D eigenvalue weighted by molar-refractivity contribution is 7.11. The van der Waals surface area contributed by atoms with Crippen molar-refractivity contribution in [1.82, 2.24) is 9.97 Å². The molecule has 2 heterocycles. The third-order valence-electron chi connectivity index (χ3n) is 2.98. The first-order chi connectivity index (χ1) is 10.2. The summed E-state index contributed by atoms with van der Waals surface area (Å²) in [5.41, 5.74) is 1.25. The van der Waals surface area contributed by atoms with Gasteiger partial charge in [0.05, 0.1) is 12.1 Å². The zero-order valence-electron chi connectivity index (χ0n) is 11.3. The molecule has 0 saturated heterocycles. The summed E-state index contributed by atoms with van der Waals surface area (Å²) in [5.74, 6) is -0.988. The molecule has 0 amide bonds. The molecule has 0 bridgehead atoms. The van der Waals surface area contributed by atoms with E-state index in [-0.39, 0.29) is 5.56 Å². The zero-order chi connectivity index (χ0) is 14.8. The van der Waals surface area contributed by atoms with Gasteiger partial charge >= 0.3 is 5.97 Å². The fourth-order valence-corrected chi connectivity index (χ4v) is 2.68. The lowest BCUT2D eigenvalue weighted by Crippen LogP contribution is -1.98. The monoisotopic (exact) mass is 303 g/mol. The van der Waals surface area contributed by atoms with Crippen LogP contribution in [0.2, 0.25) is 0 Å². The van der Waals surface area contributed by atoms with E-state index in [4.69, 9.17) is 9.52 Å². The quantitative estimate of drug-likeness (QED) is 0.752. The van der Waals surface area contributed by atoms with Crippen LogP contribution in [0, 0.1) is 0 Å². The summed E-state index contributed by atoms with van der Waals surface area (Å²) in [4.78, 5) is 20.7. The number of nitrogens with one attached hydrogen (secondary N) is 1. The predicted octanol–water partition coefficient (Wildman–Crippen LogP) is 3.16. The van der Waals surface area contributed by atoms with Crippen LogP contribution in [-0.2, 0) is 13.0 Å². The van der Waals surface area contributed by atoms with Gasteiger partial charge in [-0.15, -0.1) is 11.3 Å². The summed E-state index contributed by atoms with van der Waals surface area (Å²) in [6.45, 7) is 2.62. The molecule has 0 fully saturated rings. The van der Waals surface area contributed by atoms with Gasteiger partial charge in [0.1, 0.15) is 10.5 Å². The minimum atomic E-state index is -0.988. The number of carboxylic acid groups (broad SMARTS) is 1. The van der Waals surface area contributed by atoms with E-state index in [1.165, 1.54) is 17.0 Å². The van der Waals surface area contributed by atoms with Crippen molar-refractivity contribution in [3.8, 4) is 0 Å². The van der Waals surface area contributed by atoms with Crippen molar-refractivity contribution in [3.05, 3.63) is 39.8 Å². The van der Waals surface area contributed by atoms with Gasteiger partial charge < -0.3 is 14.8 Å². The molecule has 2 N–H and O–H groups in total. The van der Waals surface area contributed by atoms with Gasteiger partial charge in [0.25, 0.3) is 6.01 Å². The van der Waals surface area contributed by atoms with E-state index in [2.05, 4.69) is 22.2 Å². The number of oxazole rings is 1. The van der Waals surface area contributed by atoms with Gasteiger partial charge in [-0.1, -0.05) is 6.92 Å². The van der Waals surface area contributed by atoms with Crippen LogP contribution in [0.25, 0.3) is 11.1 Å². The number of hydrogen-bond donors (Lipinski definition) is 2. The van der Waals surface area contributed by atoms with Gasteiger partial charge in [-0.25, -0.2) is 9.78 Å². The van der Waals surface area contributed by atoms with Crippen LogP contribution in [0.3, 0.4) is 0 Å². The minimum Gasteiger partial charge on any atom is -0.478 e. The average Bonchev–Trinajstić information content (AvgIpc) is 3.10. The zero-order valence-corrected chi connectivity index (χ0v) is 12.1. The molecule has 0 spiro atoms. The molecule has 21 heavy (non-hydrogen) atoms. The molecule has 1 aromatic carbocycles. The van der Waals surface area contributed by atoms with Gasteiger partial charge in [0, 0.05) is 11.1 Å². The van der Waals surface area contributed by atoms with Crippen molar-refractivity contribution in [2.75, 3.05) is 5.32 Å². The largest absolute Gasteiger partial charge is 0.478 e. The highest BCUT2D eigenvalue weighted by Crippen LogP contribution is 2.21. The van der Waals surface area contributed by atoms with Crippen molar-refractivity contribution >= 4 is 34.4 Å².